The largest absolute Gasteiger partial charge is 0.380 e. The van der Waals surface area contributed by atoms with Crippen LogP contribution >= 0.6 is 0 Å². The Morgan fingerprint density at radius 1 is 1.36 bits per heavy atom. The van der Waals surface area contributed by atoms with Gasteiger partial charge >= 0.3 is 0 Å². The monoisotopic (exact) mass is 383 g/mol. The third-order valence-electron chi connectivity index (χ3n) is 4.61. The Morgan fingerprint density at radius 3 is 3.07 bits per heavy atom. The van der Waals surface area contributed by atoms with Crippen LogP contribution in [0.5, 0.6) is 0 Å². The Kier molecular flexibility index (Phi) is 5.58. The van der Waals surface area contributed by atoms with E-state index >= 15 is 0 Å². The van der Waals surface area contributed by atoms with Crippen molar-refractivity contribution < 1.29 is 4.74 Å². The first kappa shape index (κ1) is 18.5. The lowest BCUT2D eigenvalue weighted by Gasteiger charge is -2.32. The molecule has 0 bridgehead atoms. The second-order valence-electron chi connectivity index (χ2n) is 6.69. The van der Waals surface area contributed by atoms with Crippen molar-refractivity contribution in [3.8, 4) is 0 Å². The highest BCUT2D eigenvalue weighted by molar-refractivity contribution is 5.88. The number of piperazine rings is 1. The van der Waals surface area contributed by atoms with Crippen molar-refractivity contribution in [2.75, 3.05) is 43.1 Å². The van der Waals surface area contributed by atoms with E-state index in [4.69, 9.17) is 14.7 Å². The Hall–Kier alpha value is -2.85. The van der Waals surface area contributed by atoms with Gasteiger partial charge < -0.3 is 20.3 Å². The number of fused-ring (bicyclic) bond motifs is 1. The highest BCUT2D eigenvalue weighted by Gasteiger charge is 2.21. The summed E-state index contributed by atoms with van der Waals surface area (Å²) in [6.07, 6.45) is 4.98. The quantitative estimate of drug-likeness (QED) is 0.582. The minimum absolute atomic E-state index is 0.389. The lowest BCUT2D eigenvalue weighted by Crippen LogP contribution is -2.49. The number of anilines is 3. The topological polar surface area (TPSA) is 106 Å². The lowest BCUT2D eigenvalue weighted by atomic mass is 10.2. The summed E-state index contributed by atoms with van der Waals surface area (Å²) in [6.45, 7) is 8.65. The van der Waals surface area contributed by atoms with Crippen LogP contribution in [0.2, 0.25) is 0 Å². The zero-order valence-corrected chi connectivity index (χ0v) is 16.2. The maximum atomic E-state index is 5.49. The minimum Gasteiger partial charge on any atom is -0.380 e. The van der Waals surface area contributed by atoms with Gasteiger partial charge in [0, 0.05) is 38.5 Å². The number of hydrogen-bond acceptors (Lipinski definition) is 9. The Labute approximate surface area is 163 Å². The standard InChI is InChI=1S/C18H25N9O/c1-3-28-9-8-27-16-14(10-22-27)23-18(26-7-6-20-13(2)11-26)25-17(16)24-15-4-5-19-12-21-15/h4-5,10,12-13,20H,3,6-9,11H2,1-2H3,(H,19,21,23,24,25)/t13-/m1/s1. The van der Waals surface area contributed by atoms with E-state index < -0.39 is 0 Å². The number of nitrogens with zero attached hydrogens (tertiary/aromatic N) is 7. The first-order valence-electron chi connectivity index (χ1n) is 9.57. The molecule has 1 aliphatic rings. The van der Waals surface area contributed by atoms with Crippen LogP contribution in [0.15, 0.2) is 24.8 Å². The molecular formula is C18H25N9O. The van der Waals surface area contributed by atoms with Crippen LogP contribution in [0.4, 0.5) is 17.6 Å². The maximum absolute atomic E-state index is 5.49. The predicted molar refractivity (Wildman–Crippen MR) is 107 cm³/mol. The Morgan fingerprint density at radius 2 is 2.29 bits per heavy atom. The molecule has 1 atom stereocenters. The van der Waals surface area contributed by atoms with Crippen LogP contribution in [-0.2, 0) is 11.3 Å². The smallest absolute Gasteiger partial charge is 0.228 e. The van der Waals surface area contributed by atoms with Gasteiger partial charge in [0.05, 0.1) is 19.3 Å². The Bertz CT molecular complexity index is 914. The molecular weight excluding hydrogens is 358 g/mol. The van der Waals surface area contributed by atoms with E-state index in [1.165, 1.54) is 6.33 Å². The highest BCUT2D eigenvalue weighted by atomic mass is 16.5. The van der Waals surface area contributed by atoms with Gasteiger partial charge in [-0.25, -0.2) is 15.0 Å². The van der Waals surface area contributed by atoms with Crippen LogP contribution in [0.1, 0.15) is 13.8 Å². The highest BCUT2D eigenvalue weighted by Crippen LogP contribution is 2.26. The van der Waals surface area contributed by atoms with Gasteiger partial charge in [-0.15, -0.1) is 0 Å². The van der Waals surface area contributed by atoms with E-state index in [9.17, 15) is 0 Å². The lowest BCUT2D eigenvalue weighted by molar-refractivity contribution is 0.137. The van der Waals surface area contributed by atoms with Crippen molar-refractivity contribution in [2.24, 2.45) is 0 Å². The second-order valence-corrected chi connectivity index (χ2v) is 6.69. The van der Waals surface area contributed by atoms with E-state index in [0.717, 1.165) is 30.7 Å². The molecule has 3 aromatic rings. The molecule has 0 saturated carbocycles. The van der Waals surface area contributed by atoms with Gasteiger partial charge in [0.1, 0.15) is 23.2 Å². The third-order valence-corrected chi connectivity index (χ3v) is 4.61. The molecule has 10 nitrogen and oxygen atoms in total. The summed E-state index contributed by atoms with van der Waals surface area (Å²) in [5, 5.41) is 11.3. The first-order valence-corrected chi connectivity index (χ1v) is 9.57. The molecule has 1 saturated heterocycles. The molecule has 0 aromatic carbocycles. The van der Waals surface area contributed by atoms with Gasteiger partial charge in [0.2, 0.25) is 5.95 Å². The average Bonchev–Trinajstić information content (AvgIpc) is 3.12. The summed E-state index contributed by atoms with van der Waals surface area (Å²) >= 11 is 0. The Balaban J connectivity index is 1.72. The van der Waals surface area contributed by atoms with Gasteiger partial charge in [-0.05, 0) is 19.9 Å². The van der Waals surface area contributed by atoms with Crippen molar-refractivity contribution in [3.05, 3.63) is 24.8 Å². The van der Waals surface area contributed by atoms with Gasteiger partial charge in [-0.3, -0.25) is 4.68 Å². The molecule has 28 heavy (non-hydrogen) atoms. The predicted octanol–water partition coefficient (Wildman–Crippen LogP) is 1.19. The van der Waals surface area contributed by atoms with E-state index in [1.54, 1.807) is 18.5 Å². The molecule has 0 aliphatic carbocycles. The van der Waals surface area contributed by atoms with Crippen molar-refractivity contribution in [2.45, 2.75) is 26.4 Å². The zero-order valence-electron chi connectivity index (χ0n) is 16.2. The van der Waals surface area contributed by atoms with Crippen LogP contribution in [-0.4, -0.2) is 68.6 Å². The number of nitrogens with one attached hydrogen (secondary N) is 2. The fourth-order valence-corrected chi connectivity index (χ4v) is 3.28. The molecule has 0 radical (unpaired) electrons. The maximum Gasteiger partial charge on any atom is 0.228 e. The molecule has 0 unspecified atom stereocenters. The zero-order chi connectivity index (χ0) is 19.3. The van der Waals surface area contributed by atoms with Gasteiger partial charge in [-0.1, -0.05) is 0 Å². The third kappa shape index (κ3) is 4.02. The van der Waals surface area contributed by atoms with Crippen LogP contribution in [0.3, 0.4) is 0 Å². The normalized spacial score (nSPS) is 17.2. The molecule has 0 amide bonds. The molecule has 1 aliphatic heterocycles. The number of aromatic nitrogens is 6. The SMILES string of the molecule is CCOCCn1ncc2nc(N3CCN[C@H](C)C3)nc(Nc3ccncn3)c21. The number of rotatable bonds is 7. The fourth-order valence-electron chi connectivity index (χ4n) is 3.28. The van der Waals surface area contributed by atoms with Crippen molar-refractivity contribution in [1.82, 2.24) is 35.0 Å². The van der Waals surface area contributed by atoms with Gasteiger partial charge in [0.15, 0.2) is 5.82 Å². The van der Waals surface area contributed by atoms with E-state index in [0.29, 0.717) is 43.4 Å². The van der Waals surface area contributed by atoms with Crippen LogP contribution in [0.25, 0.3) is 11.0 Å². The van der Waals surface area contributed by atoms with Crippen molar-refractivity contribution in [1.29, 1.82) is 0 Å². The molecule has 2 N–H and O–H groups in total. The molecule has 3 aromatic heterocycles. The van der Waals surface area contributed by atoms with Crippen LogP contribution < -0.4 is 15.5 Å². The summed E-state index contributed by atoms with van der Waals surface area (Å²) in [6, 6.07) is 2.20. The molecule has 4 heterocycles. The van der Waals surface area contributed by atoms with Crippen LogP contribution in [0, 0.1) is 0 Å². The molecule has 1 fully saturated rings. The molecule has 10 heteroatoms. The van der Waals surface area contributed by atoms with E-state index in [2.05, 4.69) is 37.5 Å². The minimum atomic E-state index is 0.389. The van der Waals surface area contributed by atoms with E-state index in [1.807, 2.05) is 11.6 Å². The summed E-state index contributed by atoms with van der Waals surface area (Å²) < 4.78 is 7.36. The summed E-state index contributed by atoms with van der Waals surface area (Å²) in [4.78, 5) is 20.0. The van der Waals surface area contributed by atoms with Gasteiger partial charge in [-0.2, -0.15) is 10.1 Å². The number of hydrogen-bond donors (Lipinski definition) is 2. The first-order chi connectivity index (χ1) is 13.7. The van der Waals surface area contributed by atoms with Crippen molar-refractivity contribution >= 4 is 28.6 Å². The second kappa shape index (κ2) is 8.44. The fraction of sp³-hybridized carbons (Fsp3) is 0.500. The summed E-state index contributed by atoms with van der Waals surface area (Å²) in [7, 11) is 0. The molecule has 4 rings (SSSR count). The summed E-state index contributed by atoms with van der Waals surface area (Å²) in [5.41, 5.74) is 1.63. The molecule has 148 valence electrons. The van der Waals surface area contributed by atoms with E-state index in [-0.39, 0.29) is 0 Å². The summed E-state index contributed by atoms with van der Waals surface area (Å²) in [5.74, 6) is 2.05. The molecule has 0 spiro atoms. The average molecular weight is 383 g/mol. The van der Waals surface area contributed by atoms with Crippen molar-refractivity contribution in [3.63, 3.8) is 0 Å². The number of ether oxygens (including phenoxy) is 1. The van der Waals surface area contributed by atoms with Gasteiger partial charge in [0.25, 0.3) is 0 Å².